The van der Waals surface area contributed by atoms with Crippen molar-refractivity contribution in [2.24, 2.45) is 11.7 Å². The van der Waals surface area contributed by atoms with Gasteiger partial charge in [-0.3, -0.25) is 0 Å². The molecule has 1 aromatic rings. The smallest absolute Gasteiger partial charge is 0.101 e. The monoisotopic (exact) mass is 251 g/mol. The van der Waals surface area contributed by atoms with Crippen LogP contribution in [0.3, 0.4) is 0 Å². The molecule has 0 heterocycles. The van der Waals surface area contributed by atoms with Crippen LogP contribution in [0.4, 0.5) is 5.69 Å². The number of nitrogens with zero attached hydrogens (tertiary/aromatic N) is 1. The predicted molar refractivity (Wildman–Crippen MR) is 72.1 cm³/mol. The van der Waals surface area contributed by atoms with Crippen molar-refractivity contribution in [3.05, 3.63) is 28.8 Å². The van der Waals surface area contributed by atoms with E-state index >= 15 is 0 Å². The molecule has 0 amide bonds. The number of nitrogens with one attached hydrogen (secondary N) is 1. The molecule has 0 saturated carbocycles. The van der Waals surface area contributed by atoms with E-state index in [0.29, 0.717) is 23.0 Å². The maximum Gasteiger partial charge on any atom is 0.101 e. The van der Waals surface area contributed by atoms with Gasteiger partial charge in [0.15, 0.2) is 0 Å². The Morgan fingerprint density at radius 2 is 2.18 bits per heavy atom. The lowest BCUT2D eigenvalue weighted by Crippen LogP contribution is -2.47. The molecule has 1 aromatic carbocycles. The van der Waals surface area contributed by atoms with Crippen LogP contribution in [0.25, 0.3) is 0 Å². The molecule has 0 spiro atoms. The molecular formula is C13H18ClN3. The summed E-state index contributed by atoms with van der Waals surface area (Å²) in [6.45, 7) is 6.84. The van der Waals surface area contributed by atoms with E-state index in [4.69, 9.17) is 22.6 Å². The summed E-state index contributed by atoms with van der Waals surface area (Å²) in [6.07, 6.45) is 0. The number of rotatable bonds is 4. The van der Waals surface area contributed by atoms with Gasteiger partial charge in [-0.2, -0.15) is 5.26 Å². The zero-order valence-corrected chi connectivity index (χ0v) is 11.2. The lowest BCUT2D eigenvalue weighted by atomic mass is 9.88. The average molecular weight is 252 g/mol. The van der Waals surface area contributed by atoms with E-state index in [1.807, 2.05) is 12.1 Å². The summed E-state index contributed by atoms with van der Waals surface area (Å²) < 4.78 is 0. The first-order chi connectivity index (χ1) is 7.92. The SMILES string of the molecule is CC(C)C(C)(CN)Nc1ccc(C#N)c(Cl)c1. The zero-order valence-electron chi connectivity index (χ0n) is 10.4. The summed E-state index contributed by atoms with van der Waals surface area (Å²) in [7, 11) is 0. The summed E-state index contributed by atoms with van der Waals surface area (Å²) in [4.78, 5) is 0. The van der Waals surface area contributed by atoms with Crippen LogP contribution in [0.2, 0.25) is 5.02 Å². The van der Waals surface area contributed by atoms with E-state index in [-0.39, 0.29) is 5.54 Å². The summed E-state index contributed by atoms with van der Waals surface area (Å²) in [6, 6.07) is 7.36. The highest BCUT2D eigenvalue weighted by Gasteiger charge is 2.26. The number of benzene rings is 1. The lowest BCUT2D eigenvalue weighted by molar-refractivity contribution is 0.382. The van der Waals surface area contributed by atoms with Gasteiger partial charge >= 0.3 is 0 Å². The van der Waals surface area contributed by atoms with Gasteiger partial charge in [-0.15, -0.1) is 0 Å². The van der Waals surface area contributed by atoms with Gasteiger partial charge in [0.1, 0.15) is 6.07 Å². The Balaban J connectivity index is 2.96. The van der Waals surface area contributed by atoms with E-state index in [0.717, 1.165) is 5.69 Å². The van der Waals surface area contributed by atoms with E-state index < -0.39 is 0 Å². The van der Waals surface area contributed by atoms with Crippen LogP contribution in [0.15, 0.2) is 18.2 Å². The molecule has 1 unspecified atom stereocenters. The van der Waals surface area contributed by atoms with Crippen LogP contribution in [-0.4, -0.2) is 12.1 Å². The second kappa shape index (κ2) is 5.39. The molecule has 0 fully saturated rings. The number of nitriles is 1. The molecule has 0 aliphatic rings. The molecule has 0 bridgehead atoms. The van der Waals surface area contributed by atoms with E-state index in [1.165, 1.54) is 0 Å². The molecule has 0 saturated heterocycles. The van der Waals surface area contributed by atoms with Gasteiger partial charge in [-0.05, 0) is 31.0 Å². The van der Waals surface area contributed by atoms with Crippen LogP contribution < -0.4 is 11.1 Å². The molecular weight excluding hydrogens is 234 g/mol. The normalized spacial score (nSPS) is 14.2. The molecule has 3 nitrogen and oxygen atoms in total. The van der Waals surface area contributed by atoms with Gasteiger partial charge in [0, 0.05) is 17.8 Å². The van der Waals surface area contributed by atoms with Gasteiger partial charge < -0.3 is 11.1 Å². The van der Waals surface area contributed by atoms with Crippen molar-refractivity contribution < 1.29 is 0 Å². The first-order valence-electron chi connectivity index (χ1n) is 5.61. The standard InChI is InChI=1S/C13H18ClN3/c1-9(2)13(3,8-16)17-11-5-4-10(7-15)12(14)6-11/h4-6,9,17H,8,16H2,1-3H3. The summed E-state index contributed by atoms with van der Waals surface area (Å²) in [5.74, 6) is 0.391. The second-order valence-corrected chi connectivity index (χ2v) is 5.11. The van der Waals surface area contributed by atoms with Crippen LogP contribution >= 0.6 is 11.6 Å². The van der Waals surface area contributed by atoms with Gasteiger partial charge in [0.05, 0.1) is 10.6 Å². The summed E-state index contributed by atoms with van der Waals surface area (Å²) in [5.41, 5.74) is 6.99. The lowest BCUT2D eigenvalue weighted by Gasteiger charge is -2.34. The van der Waals surface area contributed by atoms with Crippen molar-refractivity contribution in [2.45, 2.75) is 26.3 Å². The van der Waals surface area contributed by atoms with Crippen LogP contribution in [0.1, 0.15) is 26.3 Å². The van der Waals surface area contributed by atoms with Gasteiger partial charge in [0.25, 0.3) is 0 Å². The van der Waals surface area contributed by atoms with Crippen molar-refractivity contribution in [3.63, 3.8) is 0 Å². The Morgan fingerprint density at radius 3 is 2.59 bits per heavy atom. The van der Waals surface area contributed by atoms with E-state index in [9.17, 15) is 0 Å². The topological polar surface area (TPSA) is 61.8 Å². The number of hydrogen-bond acceptors (Lipinski definition) is 3. The molecule has 0 radical (unpaired) electrons. The third-order valence-electron chi connectivity index (χ3n) is 3.22. The Kier molecular flexibility index (Phi) is 4.39. The zero-order chi connectivity index (χ0) is 13.1. The molecule has 92 valence electrons. The number of nitrogens with two attached hydrogens (primary N) is 1. The van der Waals surface area contributed by atoms with Crippen molar-refractivity contribution in [1.82, 2.24) is 0 Å². The summed E-state index contributed by atoms with van der Waals surface area (Å²) in [5, 5.41) is 12.6. The van der Waals surface area contributed by atoms with Gasteiger partial charge in [0.2, 0.25) is 0 Å². The first-order valence-corrected chi connectivity index (χ1v) is 5.98. The predicted octanol–water partition coefficient (Wildman–Crippen LogP) is 3.00. The van der Waals surface area contributed by atoms with Crippen LogP contribution in [-0.2, 0) is 0 Å². The molecule has 0 aromatic heterocycles. The molecule has 17 heavy (non-hydrogen) atoms. The Labute approximate surface area is 108 Å². The van der Waals surface area contributed by atoms with Crippen molar-refractivity contribution in [2.75, 3.05) is 11.9 Å². The van der Waals surface area contributed by atoms with Crippen molar-refractivity contribution in [1.29, 1.82) is 5.26 Å². The third-order valence-corrected chi connectivity index (χ3v) is 3.53. The third kappa shape index (κ3) is 3.12. The molecule has 4 heteroatoms. The largest absolute Gasteiger partial charge is 0.378 e. The second-order valence-electron chi connectivity index (χ2n) is 4.71. The summed E-state index contributed by atoms with van der Waals surface area (Å²) >= 11 is 5.99. The molecule has 0 aliphatic carbocycles. The minimum atomic E-state index is -0.183. The average Bonchev–Trinajstić information content (AvgIpc) is 2.29. The van der Waals surface area contributed by atoms with E-state index in [1.54, 1.807) is 12.1 Å². The van der Waals surface area contributed by atoms with Gasteiger partial charge in [-0.25, -0.2) is 0 Å². The highest BCUT2D eigenvalue weighted by Crippen LogP contribution is 2.25. The Bertz CT molecular complexity index is 437. The maximum absolute atomic E-state index is 8.80. The van der Waals surface area contributed by atoms with Crippen molar-refractivity contribution >= 4 is 17.3 Å². The Hall–Kier alpha value is -1.24. The number of halogens is 1. The first kappa shape index (κ1) is 13.8. The van der Waals surface area contributed by atoms with Crippen LogP contribution in [0.5, 0.6) is 0 Å². The molecule has 1 atom stereocenters. The Morgan fingerprint density at radius 1 is 1.53 bits per heavy atom. The number of hydrogen-bond donors (Lipinski definition) is 2. The fourth-order valence-electron chi connectivity index (χ4n) is 1.44. The molecule has 1 rings (SSSR count). The number of anilines is 1. The minimum absolute atomic E-state index is 0.183. The fourth-order valence-corrected chi connectivity index (χ4v) is 1.67. The maximum atomic E-state index is 8.80. The minimum Gasteiger partial charge on any atom is -0.378 e. The highest BCUT2D eigenvalue weighted by molar-refractivity contribution is 6.32. The van der Waals surface area contributed by atoms with Gasteiger partial charge in [-0.1, -0.05) is 25.4 Å². The van der Waals surface area contributed by atoms with Crippen molar-refractivity contribution in [3.8, 4) is 6.07 Å². The van der Waals surface area contributed by atoms with Crippen LogP contribution in [0, 0.1) is 17.2 Å². The van der Waals surface area contributed by atoms with E-state index in [2.05, 4.69) is 26.1 Å². The molecule has 0 aliphatic heterocycles. The highest BCUT2D eigenvalue weighted by atomic mass is 35.5. The molecule has 3 N–H and O–H groups in total. The fraction of sp³-hybridized carbons (Fsp3) is 0.462. The quantitative estimate of drug-likeness (QED) is 0.865.